The summed E-state index contributed by atoms with van der Waals surface area (Å²) in [7, 11) is 0. The highest BCUT2D eigenvalue weighted by molar-refractivity contribution is 5.03. The van der Waals surface area contributed by atoms with Crippen molar-refractivity contribution in [2.45, 2.75) is 39.7 Å². The van der Waals surface area contributed by atoms with Gasteiger partial charge in [0.1, 0.15) is 0 Å². The lowest BCUT2D eigenvalue weighted by molar-refractivity contribution is 0.0129. The first-order valence-corrected chi connectivity index (χ1v) is 4.87. The Morgan fingerprint density at radius 1 is 1.33 bits per heavy atom. The van der Waals surface area contributed by atoms with E-state index in [1.54, 1.807) is 0 Å². The van der Waals surface area contributed by atoms with Crippen molar-refractivity contribution in [3.8, 4) is 0 Å². The van der Waals surface area contributed by atoms with E-state index in [1.165, 1.54) is 6.42 Å². The van der Waals surface area contributed by atoms with Gasteiger partial charge in [-0.25, -0.2) is 0 Å². The number of hydrogen-bond acceptors (Lipinski definition) is 1. The second-order valence-electron chi connectivity index (χ2n) is 4.36. The van der Waals surface area contributed by atoms with E-state index in [1.807, 2.05) is 6.92 Å². The topological polar surface area (TPSA) is 20.2 Å². The summed E-state index contributed by atoms with van der Waals surface area (Å²) < 4.78 is 0. The van der Waals surface area contributed by atoms with Crippen LogP contribution < -0.4 is 0 Å². The van der Waals surface area contributed by atoms with E-state index >= 15 is 0 Å². The van der Waals surface area contributed by atoms with E-state index in [2.05, 4.69) is 20.4 Å². The number of hydrogen-bond donors (Lipinski definition) is 1. The molecule has 0 amide bonds. The molecular formula is C11H20O. The summed E-state index contributed by atoms with van der Waals surface area (Å²) in [6.07, 6.45) is 2.18. The number of aliphatic hydroxyl groups is 1. The highest BCUT2D eigenvalue weighted by Gasteiger charge is 2.33. The van der Waals surface area contributed by atoms with E-state index in [-0.39, 0.29) is 6.10 Å². The van der Waals surface area contributed by atoms with Gasteiger partial charge in [0, 0.05) is 5.92 Å². The van der Waals surface area contributed by atoms with E-state index in [9.17, 15) is 5.11 Å². The van der Waals surface area contributed by atoms with Crippen molar-refractivity contribution < 1.29 is 5.11 Å². The van der Waals surface area contributed by atoms with Crippen LogP contribution in [0.25, 0.3) is 0 Å². The van der Waals surface area contributed by atoms with Gasteiger partial charge in [-0.05, 0) is 31.6 Å². The van der Waals surface area contributed by atoms with Crippen molar-refractivity contribution in [3.63, 3.8) is 0 Å². The van der Waals surface area contributed by atoms with Gasteiger partial charge in [0.15, 0.2) is 0 Å². The molecule has 1 aliphatic rings. The van der Waals surface area contributed by atoms with E-state index in [4.69, 9.17) is 0 Å². The number of rotatable bonds is 1. The first kappa shape index (κ1) is 9.79. The van der Waals surface area contributed by atoms with E-state index < -0.39 is 0 Å². The Labute approximate surface area is 75.5 Å². The smallest absolute Gasteiger partial charge is 0.0633 e. The van der Waals surface area contributed by atoms with Crippen LogP contribution in [0.15, 0.2) is 12.2 Å². The van der Waals surface area contributed by atoms with Gasteiger partial charge in [0.2, 0.25) is 0 Å². The summed E-state index contributed by atoms with van der Waals surface area (Å²) in [6, 6.07) is 0. The summed E-state index contributed by atoms with van der Waals surface area (Å²) in [5, 5.41) is 9.92. The summed E-state index contributed by atoms with van der Waals surface area (Å²) in [6.45, 7) is 10.3. The largest absolute Gasteiger partial charge is 0.392 e. The fraction of sp³-hybridized carbons (Fsp3) is 0.818. The Kier molecular flexibility index (Phi) is 2.94. The Hall–Kier alpha value is -0.300. The molecule has 0 aliphatic heterocycles. The maximum atomic E-state index is 9.92. The van der Waals surface area contributed by atoms with Crippen LogP contribution in [-0.4, -0.2) is 11.2 Å². The number of aliphatic hydroxyl groups excluding tert-OH is 1. The standard InChI is InChI=1S/C11H20O/c1-7(2)10-6-5-8(3)9(4)11(10)12/h8-12H,1,5-6H2,2-4H3. The summed E-state index contributed by atoms with van der Waals surface area (Å²) in [4.78, 5) is 0. The lowest BCUT2D eigenvalue weighted by Crippen LogP contribution is -2.36. The second kappa shape index (κ2) is 3.61. The molecule has 0 radical (unpaired) electrons. The Morgan fingerprint density at radius 2 is 1.92 bits per heavy atom. The fourth-order valence-electron chi connectivity index (χ4n) is 2.12. The zero-order chi connectivity index (χ0) is 9.30. The molecule has 0 bridgehead atoms. The lowest BCUT2D eigenvalue weighted by Gasteiger charge is -2.37. The highest BCUT2D eigenvalue weighted by atomic mass is 16.3. The van der Waals surface area contributed by atoms with Gasteiger partial charge in [-0.2, -0.15) is 0 Å². The van der Waals surface area contributed by atoms with Crippen molar-refractivity contribution >= 4 is 0 Å². The average Bonchev–Trinajstić information content (AvgIpc) is 2.00. The van der Waals surface area contributed by atoms with Crippen LogP contribution in [0.2, 0.25) is 0 Å². The minimum absolute atomic E-state index is 0.161. The molecule has 0 aromatic rings. The zero-order valence-electron chi connectivity index (χ0n) is 8.38. The van der Waals surface area contributed by atoms with Crippen LogP contribution in [0.5, 0.6) is 0 Å². The third kappa shape index (κ3) is 1.71. The first-order chi connectivity index (χ1) is 5.54. The average molecular weight is 168 g/mol. The predicted molar refractivity (Wildman–Crippen MR) is 51.9 cm³/mol. The molecule has 4 atom stereocenters. The molecule has 1 aliphatic carbocycles. The van der Waals surface area contributed by atoms with Gasteiger partial charge in [0.05, 0.1) is 6.10 Å². The normalized spacial score (nSPS) is 42.7. The van der Waals surface area contributed by atoms with Crippen LogP contribution in [0, 0.1) is 17.8 Å². The molecule has 1 nitrogen and oxygen atoms in total. The van der Waals surface area contributed by atoms with Gasteiger partial charge in [-0.15, -0.1) is 0 Å². The summed E-state index contributed by atoms with van der Waals surface area (Å²) >= 11 is 0. The van der Waals surface area contributed by atoms with Gasteiger partial charge >= 0.3 is 0 Å². The maximum absolute atomic E-state index is 9.92. The third-order valence-corrected chi connectivity index (χ3v) is 3.41. The molecular weight excluding hydrogens is 148 g/mol. The third-order valence-electron chi connectivity index (χ3n) is 3.41. The molecule has 1 heteroatoms. The zero-order valence-corrected chi connectivity index (χ0v) is 8.38. The van der Waals surface area contributed by atoms with Crippen molar-refractivity contribution in [1.29, 1.82) is 0 Å². The molecule has 1 saturated carbocycles. The second-order valence-corrected chi connectivity index (χ2v) is 4.36. The monoisotopic (exact) mass is 168 g/mol. The SMILES string of the molecule is C=C(C)C1CCC(C)C(C)C1O. The molecule has 1 N–H and O–H groups in total. The van der Waals surface area contributed by atoms with E-state index in [0.717, 1.165) is 12.0 Å². The molecule has 0 spiro atoms. The van der Waals surface area contributed by atoms with Crippen molar-refractivity contribution in [2.24, 2.45) is 17.8 Å². The van der Waals surface area contributed by atoms with Gasteiger partial charge in [0.25, 0.3) is 0 Å². The minimum Gasteiger partial charge on any atom is -0.392 e. The Morgan fingerprint density at radius 3 is 2.42 bits per heavy atom. The van der Waals surface area contributed by atoms with Gasteiger partial charge in [-0.3, -0.25) is 0 Å². The minimum atomic E-state index is -0.161. The summed E-state index contributed by atoms with van der Waals surface area (Å²) in [5.41, 5.74) is 1.14. The first-order valence-electron chi connectivity index (χ1n) is 4.87. The molecule has 1 rings (SSSR count). The Bertz CT molecular complexity index is 174. The Balaban J connectivity index is 2.65. The molecule has 70 valence electrons. The van der Waals surface area contributed by atoms with Gasteiger partial charge < -0.3 is 5.11 Å². The van der Waals surface area contributed by atoms with Crippen molar-refractivity contribution in [2.75, 3.05) is 0 Å². The molecule has 12 heavy (non-hydrogen) atoms. The quantitative estimate of drug-likeness (QED) is 0.597. The van der Waals surface area contributed by atoms with Crippen LogP contribution in [0.1, 0.15) is 33.6 Å². The van der Waals surface area contributed by atoms with Gasteiger partial charge in [-0.1, -0.05) is 26.0 Å². The molecule has 0 heterocycles. The highest BCUT2D eigenvalue weighted by Crippen LogP contribution is 2.36. The van der Waals surface area contributed by atoms with Crippen LogP contribution in [0.3, 0.4) is 0 Å². The van der Waals surface area contributed by atoms with Crippen molar-refractivity contribution in [1.82, 2.24) is 0 Å². The molecule has 0 aromatic carbocycles. The van der Waals surface area contributed by atoms with Crippen LogP contribution in [0.4, 0.5) is 0 Å². The molecule has 1 fully saturated rings. The summed E-state index contributed by atoms with van der Waals surface area (Å²) in [5.74, 6) is 1.44. The van der Waals surface area contributed by atoms with Crippen LogP contribution >= 0.6 is 0 Å². The van der Waals surface area contributed by atoms with Crippen LogP contribution in [-0.2, 0) is 0 Å². The predicted octanol–water partition coefficient (Wildman–Crippen LogP) is 2.61. The molecule has 0 saturated heterocycles. The molecule has 4 unspecified atom stereocenters. The fourth-order valence-corrected chi connectivity index (χ4v) is 2.12. The molecule has 0 aromatic heterocycles. The lowest BCUT2D eigenvalue weighted by atomic mass is 9.71. The van der Waals surface area contributed by atoms with E-state index in [0.29, 0.717) is 17.8 Å². The maximum Gasteiger partial charge on any atom is 0.0633 e. The van der Waals surface area contributed by atoms with Crippen molar-refractivity contribution in [3.05, 3.63) is 12.2 Å².